The molecule has 1 aromatic heterocycles. The molecule has 5 heteroatoms. The van der Waals surface area contributed by atoms with E-state index in [2.05, 4.69) is 10.2 Å². The molecule has 0 radical (unpaired) electrons. The summed E-state index contributed by atoms with van der Waals surface area (Å²) in [6, 6.07) is 7.00. The zero-order valence-electron chi connectivity index (χ0n) is 10.9. The molecular weight excluding hydrogens is 242 g/mol. The van der Waals surface area contributed by atoms with Crippen LogP contribution in [0.4, 0.5) is 0 Å². The number of ether oxygens (including phenoxy) is 1. The number of aryl methyl sites for hydroxylation is 2. The Labute approximate surface area is 110 Å². The normalized spacial score (nSPS) is 10.0. The first kappa shape index (κ1) is 12.8. The van der Waals surface area contributed by atoms with Crippen LogP contribution in [0.1, 0.15) is 16.7 Å². The summed E-state index contributed by atoms with van der Waals surface area (Å²) in [6.45, 7) is 3.85. The number of nitriles is 1. The zero-order chi connectivity index (χ0) is 14.0. The number of nitrogens with zero attached hydrogens (tertiary/aromatic N) is 2. The van der Waals surface area contributed by atoms with Gasteiger partial charge in [-0.05, 0) is 37.1 Å². The smallest absolute Gasteiger partial charge is 0.265 e. The maximum Gasteiger partial charge on any atom is 0.265 e. The third-order valence-corrected chi connectivity index (χ3v) is 2.87. The SMILES string of the molecule is COc1c(C)cc(-c2n[nH]c(=O)cc2C#N)cc1C. The van der Waals surface area contributed by atoms with Crippen molar-refractivity contribution in [2.24, 2.45) is 0 Å². The second kappa shape index (κ2) is 4.94. The Morgan fingerprint density at radius 1 is 1.26 bits per heavy atom. The lowest BCUT2D eigenvalue weighted by atomic mass is 10.0. The van der Waals surface area contributed by atoms with Gasteiger partial charge in [-0.1, -0.05) is 0 Å². The van der Waals surface area contributed by atoms with E-state index in [9.17, 15) is 4.79 Å². The standard InChI is InChI=1S/C14H13N3O2/c1-8-4-10(5-9(2)14(8)19-3)13-11(7-15)6-12(18)16-17-13/h4-6H,1-3H3,(H,16,18). The lowest BCUT2D eigenvalue weighted by Crippen LogP contribution is -2.09. The monoisotopic (exact) mass is 255 g/mol. The van der Waals surface area contributed by atoms with Crippen molar-refractivity contribution in [2.45, 2.75) is 13.8 Å². The van der Waals surface area contributed by atoms with Crippen LogP contribution in [0.3, 0.4) is 0 Å². The van der Waals surface area contributed by atoms with Crippen molar-refractivity contribution in [3.8, 4) is 23.1 Å². The third kappa shape index (κ3) is 2.33. The number of aromatic amines is 1. The first-order valence-electron chi connectivity index (χ1n) is 5.72. The molecule has 1 N–H and O–H groups in total. The topological polar surface area (TPSA) is 78.8 Å². The molecule has 2 aromatic rings. The fourth-order valence-electron chi connectivity index (χ4n) is 2.12. The maximum absolute atomic E-state index is 11.2. The third-order valence-electron chi connectivity index (χ3n) is 2.87. The van der Waals surface area contributed by atoms with Crippen molar-refractivity contribution in [3.63, 3.8) is 0 Å². The number of nitrogens with one attached hydrogen (secondary N) is 1. The van der Waals surface area contributed by atoms with Crippen molar-refractivity contribution >= 4 is 0 Å². The molecule has 0 amide bonds. The van der Waals surface area contributed by atoms with Crippen LogP contribution in [0.2, 0.25) is 0 Å². The van der Waals surface area contributed by atoms with Gasteiger partial charge >= 0.3 is 0 Å². The van der Waals surface area contributed by atoms with E-state index in [0.717, 1.165) is 22.4 Å². The first-order valence-corrected chi connectivity index (χ1v) is 5.72. The van der Waals surface area contributed by atoms with Crippen LogP contribution in [0.5, 0.6) is 5.75 Å². The highest BCUT2D eigenvalue weighted by molar-refractivity contribution is 5.68. The van der Waals surface area contributed by atoms with Gasteiger partial charge in [0.05, 0.1) is 12.7 Å². The minimum absolute atomic E-state index is 0.257. The highest BCUT2D eigenvalue weighted by Crippen LogP contribution is 2.29. The predicted octanol–water partition coefficient (Wildman–Crippen LogP) is 1.93. The van der Waals surface area contributed by atoms with Gasteiger partial charge in [0, 0.05) is 11.6 Å². The molecule has 0 spiro atoms. The van der Waals surface area contributed by atoms with Crippen LogP contribution >= 0.6 is 0 Å². The molecule has 19 heavy (non-hydrogen) atoms. The van der Waals surface area contributed by atoms with Crippen molar-refractivity contribution in [2.75, 3.05) is 7.11 Å². The first-order chi connectivity index (χ1) is 9.06. The van der Waals surface area contributed by atoms with Crippen LogP contribution in [0.25, 0.3) is 11.3 Å². The summed E-state index contributed by atoms with van der Waals surface area (Å²) < 4.78 is 5.30. The number of H-pyrrole nitrogens is 1. The zero-order valence-corrected chi connectivity index (χ0v) is 10.9. The maximum atomic E-state index is 11.2. The van der Waals surface area contributed by atoms with Crippen molar-refractivity contribution in [1.82, 2.24) is 10.2 Å². The van der Waals surface area contributed by atoms with E-state index in [1.807, 2.05) is 32.0 Å². The van der Waals surface area contributed by atoms with Gasteiger partial charge in [-0.3, -0.25) is 4.79 Å². The van der Waals surface area contributed by atoms with Gasteiger partial charge in [-0.25, -0.2) is 5.10 Å². The lowest BCUT2D eigenvalue weighted by molar-refractivity contribution is 0.408. The number of hydrogen-bond donors (Lipinski definition) is 1. The van der Waals surface area contributed by atoms with E-state index >= 15 is 0 Å². The molecule has 0 saturated carbocycles. The minimum Gasteiger partial charge on any atom is -0.496 e. The summed E-state index contributed by atoms with van der Waals surface area (Å²) in [4.78, 5) is 11.2. The van der Waals surface area contributed by atoms with E-state index in [0.29, 0.717) is 5.69 Å². The largest absolute Gasteiger partial charge is 0.496 e. The van der Waals surface area contributed by atoms with Gasteiger partial charge in [0.1, 0.15) is 17.5 Å². The van der Waals surface area contributed by atoms with E-state index < -0.39 is 0 Å². The molecular formula is C14H13N3O2. The minimum atomic E-state index is -0.387. The highest BCUT2D eigenvalue weighted by atomic mass is 16.5. The van der Waals surface area contributed by atoms with Crippen LogP contribution in [-0.2, 0) is 0 Å². The number of benzene rings is 1. The molecule has 0 unspecified atom stereocenters. The summed E-state index contributed by atoms with van der Waals surface area (Å²) in [6.07, 6.45) is 0. The molecule has 0 aliphatic heterocycles. The second-order valence-electron chi connectivity index (χ2n) is 4.25. The summed E-state index contributed by atoms with van der Waals surface area (Å²) in [5.74, 6) is 0.812. The van der Waals surface area contributed by atoms with E-state index in [-0.39, 0.29) is 11.1 Å². The molecule has 0 bridgehead atoms. The van der Waals surface area contributed by atoms with Crippen molar-refractivity contribution in [3.05, 3.63) is 45.2 Å². The summed E-state index contributed by atoms with van der Waals surface area (Å²) in [5.41, 5.74) is 3.03. The van der Waals surface area contributed by atoms with Crippen LogP contribution < -0.4 is 10.3 Å². The lowest BCUT2D eigenvalue weighted by Gasteiger charge is -2.11. The molecule has 2 rings (SSSR count). The van der Waals surface area contributed by atoms with Gasteiger partial charge in [-0.2, -0.15) is 10.4 Å². The Kier molecular flexibility index (Phi) is 3.34. The number of hydrogen-bond acceptors (Lipinski definition) is 4. The predicted molar refractivity (Wildman–Crippen MR) is 71.0 cm³/mol. The number of rotatable bonds is 2. The molecule has 0 saturated heterocycles. The second-order valence-corrected chi connectivity index (χ2v) is 4.25. The van der Waals surface area contributed by atoms with Gasteiger partial charge < -0.3 is 4.74 Å². The Balaban J connectivity index is 2.67. The Hall–Kier alpha value is -2.61. The Morgan fingerprint density at radius 3 is 2.42 bits per heavy atom. The Morgan fingerprint density at radius 2 is 1.89 bits per heavy atom. The van der Waals surface area contributed by atoms with Gasteiger partial charge in [0.25, 0.3) is 5.56 Å². The van der Waals surface area contributed by atoms with Crippen LogP contribution in [0, 0.1) is 25.2 Å². The molecule has 96 valence electrons. The number of methoxy groups -OCH3 is 1. The summed E-state index contributed by atoms with van der Waals surface area (Å²) >= 11 is 0. The number of aromatic nitrogens is 2. The molecule has 1 heterocycles. The Bertz CT molecular complexity index is 703. The van der Waals surface area contributed by atoms with E-state index in [4.69, 9.17) is 10.00 Å². The van der Waals surface area contributed by atoms with Gasteiger partial charge in [-0.15, -0.1) is 0 Å². The van der Waals surface area contributed by atoms with Crippen LogP contribution in [0.15, 0.2) is 23.0 Å². The van der Waals surface area contributed by atoms with Gasteiger partial charge in [0.2, 0.25) is 0 Å². The van der Waals surface area contributed by atoms with Crippen LogP contribution in [-0.4, -0.2) is 17.3 Å². The van der Waals surface area contributed by atoms with Crippen molar-refractivity contribution in [1.29, 1.82) is 5.26 Å². The fraction of sp³-hybridized carbons (Fsp3) is 0.214. The summed E-state index contributed by atoms with van der Waals surface area (Å²) in [5, 5.41) is 15.4. The molecule has 0 aliphatic carbocycles. The summed E-state index contributed by atoms with van der Waals surface area (Å²) in [7, 11) is 1.62. The average molecular weight is 255 g/mol. The molecule has 0 atom stereocenters. The fourth-order valence-corrected chi connectivity index (χ4v) is 2.12. The molecule has 0 fully saturated rings. The average Bonchev–Trinajstić information content (AvgIpc) is 2.38. The highest BCUT2D eigenvalue weighted by Gasteiger charge is 2.12. The molecule has 1 aromatic carbocycles. The van der Waals surface area contributed by atoms with Crippen molar-refractivity contribution < 1.29 is 4.74 Å². The molecule has 5 nitrogen and oxygen atoms in total. The molecule has 0 aliphatic rings. The van der Waals surface area contributed by atoms with E-state index in [1.165, 1.54) is 6.07 Å². The van der Waals surface area contributed by atoms with E-state index in [1.54, 1.807) is 7.11 Å². The quantitative estimate of drug-likeness (QED) is 0.889. The van der Waals surface area contributed by atoms with Gasteiger partial charge in [0.15, 0.2) is 0 Å².